The van der Waals surface area contributed by atoms with Crippen LogP contribution in [0.25, 0.3) is 0 Å². The van der Waals surface area contributed by atoms with E-state index in [0.29, 0.717) is 13.0 Å². The Balaban J connectivity index is 1.88. The molecule has 24 heavy (non-hydrogen) atoms. The van der Waals surface area contributed by atoms with Crippen LogP contribution in [0.2, 0.25) is 0 Å². The fourth-order valence-electron chi connectivity index (χ4n) is 2.78. The van der Waals surface area contributed by atoms with Gasteiger partial charge in [0.25, 0.3) is 0 Å². The van der Waals surface area contributed by atoms with Gasteiger partial charge < -0.3 is 4.90 Å². The summed E-state index contributed by atoms with van der Waals surface area (Å²) in [7, 11) is 0. The van der Waals surface area contributed by atoms with Crippen molar-refractivity contribution in [2.75, 3.05) is 4.90 Å². The zero-order valence-corrected chi connectivity index (χ0v) is 14.0. The van der Waals surface area contributed by atoms with Crippen molar-refractivity contribution < 1.29 is 4.79 Å². The molecule has 0 radical (unpaired) electrons. The van der Waals surface area contributed by atoms with Gasteiger partial charge >= 0.3 is 0 Å². The van der Waals surface area contributed by atoms with E-state index in [1.165, 1.54) is 0 Å². The number of aromatic nitrogens is 2. The van der Waals surface area contributed by atoms with Gasteiger partial charge in [-0.1, -0.05) is 48.5 Å². The number of nitrogens with zero attached hydrogens (tertiary/aromatic N) is 2. The van der Waals surface area contributed by atoms with E-state index in [-0.39, 0.29) is 5.91 Å². The molecule has 1 amide bonds. The molecule has 0 saturated heterocycles. The minimum absolute atomic E-state index is 0.0673. The molecule has 122 valence electrons. The standard InChI is InChI=1S/C20H21N3O/c1-15-19(16(2)22-21-15)13-20(24)23(18-11-7-4-8-12-18)14-17-9-5-3-6-10-17/h3-12H,13-14H2,1-2H3,(H,21,22). The van der Waals surface area contributed by atoms with Crippen LogP contribution >= 0.6 is 0 Å². The lowest BCUT2D eigenvalue weighted by Gasteiger charge is -2.23. The molecule has 0 aliphatic carbocycles. The number of hydrogen-bond acceptors (Lipinski definition) is 2. The summed E-state index contributed by atoms with van der Waals surface area (Å²) in [5.74, 6) is 0.0673. The highest BCUT2D eigenvalue weighted by Gasteiger charge is 2.19. The van der Waals surface area contributed by atoms with E-state index in [9.17, 15) is 4.79 Å². The number of carbonyl (C=O) groups is 1. The van der Waals surface area contributed by atoms with E-state index >= 15 is 0 Å². The van der Waals surface area contributed by atoms with Crippen LogP contribution in [-0.2, 0) is 17.8 Å². The van der Waals surface area contributed by atoms with Gasteiger partial charge in [-0.15, -0.1) is 0 Å². The Bertz CT molecular complexity index is 790. The van der Waals surface area contributed by atoms with Gasteiger partial charge in [-0.05, 0) is 31.5 Å². The molecule has 0 spiro atoms. The highest BCUT2D eigenvalue weighted by Crippen LogP contribution is 2.20. The van der Waals surface area contributed by atoms with E-state index in [0.717, 1.165) is 28.2 Å². The van der Waals surface area contributed by atoms with Crippen LogP contribution < -0.4 is 4.90 Å². The number of anilines is 1. The second kappa shape index (κ2) is 7.13. The quantitative estimate of drug-likeness (QED) is 0.777. The van der Waals surface area contributed by atoms with Crippen LogP contribution in [0.15, 0.2) is 60.7 Å². The molecule has 1 heterocycles. The SMILES string of the molecule is Cc1n[nH]c(C)c1CC(=O)N(Cc1ccccc1)c1ccccc1. The van der Waals surface area contributed by atoms with Gasteiger partial charge in [0.1, 0.15) is 0 Å². The molecule has 2 aromatic carbocycles. The fraction of sp³-hybridized carbons (Fsp3) is 0.200. The van der Waals surface area contributed by atoms with Crippen molar-refractivity contribution in [2.45, 2.75) is 26.8 Å². The molecule has 0 atom stereocenters. The third-order valence-electron chi connectivity index (χ3n) is 4.16. The number of nitrogens with one attached hydrogen (secondary N) is 1. The summed E-state index contributed by atoms with van der Waals surface area (Å²) < 4.78 is 0. The highest BCUT2D eigenvalue weighted by molar-refractivity contribution is 5.94. The molecular weight excluding hydrogens is 298 g/mol. The summed E-state index contributed by atoms with van der Waals surface area (Å²) in [6, 6.07) is 19.8. The van der Waals surface area contributed by atoms with Crippen LogP contribution in [0.3, 0.4) is 0 Å². The number of hydrogen-bond donors (Lipinski definition) is 1. The minimum atomic E-state index is 0.0673. The zero-order valence-electron chi connectivity index (χ0n) is 14.0. The van der Waals surface area contributed by atoms with E-state index < -0.39 is 0 Å². The molecule has 0 fully saturated rings. The van der Waals surface area contributed by atoms with Gasteiger partial charge in [-0.25, -0.2) is 0 Å². The second-order valence-electron chi connectivity index (χ2n) is 5.89. The Labute approximate surface area is 142 Å². The normalized spacial score (nSPS) is 10.6. The van der Waals surface area contributed by atoms with E-state index in [4.69, 9.17) is 0 Å². The van der Waals surface area contributed by atoms with Crippen molar-refractivity contribution in [1.82, 2.24) is 10.2 Å². The predicted octanol–water partition coefficient (Wildman–Crippen LogP) is 3.80. The predicted molar refractivity (Wildman–Crippen MR) is 95.8 cm³/mol. The van der Waals surface area contributed by atoms with Gasteiger partial charge in [0.15, 0.2) is 0 Å². The van der Waals surface area contributed by atoms with Gasteiger partial charge in [-0.2, -0.15) is 5.10 Å². The van der Waals surface area contributed by atoms with E-state index in [1.807, 2.05) is 79.4 Å². The van der Waals surface area contributed by atoms with Crippen molar-refractivity contribution >= 4 is 11.6 Å². The van der Waals surface area contributed by atoms with Gasteiger partial charge in [-0.3, -0.25) is 9.89 Å². The summed E-state index contributed by atoms with van der Waals surface area (Å²) in [6.45, 7) is 4.43. The molecule has 1 aromatic heterocycles. The Morgan fingerprint density at radius 2 is 1.62 bits per heavy atom. The third-order valence-corrected chi connectivity index (χ3v) is 4.16. The van der Waals surface area contributed by atoms with Crippen LogP contribution in [0.1, 0.15) is 22.5 Å². The van der Waals surface area contributed by atoms with Crippen LogP contribution in [0, 0.1) is 13.8 Å². The number of aromatic amines is 1. The molecule has 0 unspecified atom stereocenters. The Kier molecular flexibility index (Phi) is 4.75. The molecule has 0 aliphatic rings. The number of rotatable bonds is 5. The molecule has 3 rings (SSSR count). The summed E-state index contributed by atoms with van der Waals surface area (Å²) in [5, 5.41) is 7.14. The van der Waals surface area contributed by atoms with Crippen molar-refractivity contribution in [3.8, 4) is 0 Å². The molecule has 1 N–H and O–H groups in total. The zero-order chi connectivity index (χ0) is 16.9. The van der Waals surface area contributed by atoms with E-state index in [2.05, 4.69) is 10.2 Å². The minimum Gasteiger partial charge on any atom is -0.308 e. The Morgan fingerprint density at radius 1 is 1.00 bits per heavy atom. The monoisotopic (exact) mass is 319 g/mol. The third kappa shape index (κ3) is 3.54. The van der Waals surface area contributed by atoms with E-state index in [1.54, 1.807) is 0 Å². The van der Waals surface area contributed by atoms with Crippen molar-refractivity contribution in [3.05, 3.63) is 83.2 Å². The number of aryl methyl sites for hydroxylation is 2. The molecule has 0 aliphatic heterocycles. The maximum Gasteiger partial charge on any atom is 0.231 e. The van der Waals surface area contributed by atoms with Gasteiger partial charge in [0.2, 0.25) is 5.91 Å². The van der Waals surface area contributed by atoms with Crippen LogP contribution in [-0.4, -0.2) is 16.1 Å². The van der Waals surface area contributed by atoms with Crippen LogP contribution in [0.5, 0.6) is 0 Å². The van der Waals surface area contributed by atoms with Gasteiger partial charge in [0.05, 0.1) is 18.7 Å². The molecular formula is C20H21N3O. The molecule has 4 heteroatoms. The summed E-state index contributed by atoms with van der Waals surface area (Å²) in [6.07, 6.45) is 0.343. The maximum absolute atomic E-state index is 13.0. The first-order chi connectivity index (χ1) is 11.6. The average Bonchev–Trinajstić information content (AvgIpc) is 2.93. The summed E-state index contributed by atoms with van der Waals surface area (Å²) in [4.78, 5) is 14.8. The summed E-state index contributed by atoms with van der Waals surface area (Å²) >= 11 is 0. The fourth-order valence-corrected chi connectivity index (χ4v) is 2.78. The number of carbonyl (C=O) groups excluding carboxylic acids is 1. The number of benzene rings is 2. The summed E-state index contributed by atoms with van der Waals surface area (Å²) in [5.41, 5.74) is 4.83. The largest absolute Gasteiger partial charge is 0.308 e. The van der Waals surface area contributed by atoms with Crippen molar-refractivity contribution in [1.29, 1.82) is 0 Å². The maximum atomic E-state index is 13.0. The highest BCUT2D eigenvalue weighted by atomic mass is 16.2. The second-order valence-corrected chi connectivity index (χ2v) is 5.89. The molecule has 0 saturated carbocycles. The smallest absolute Gasteiger partial charge is 0.231 e. The lowest BCUT2D eigenvalue weighted by molar-refractivity contribution is -0.118. The van der Waals surface area contributed by atoms with Gasteiger partial charge in [0, 0.05) is 16.9 Å². The Hall–Kier alpha value is -2.88. The number of amides is 1. The van der Waals surface area contributed by atoms with Crippen LogP contribution in [0.4, 0.5) is 5.69 Å². The molecule has 0 bridgehead atoms. The number of H-pyrrole nitrogens is 1. The first-order valence-corrected chi connectivity index (χ1v) is 8.05. The molecule has 4 nitrogen and oxygen atoms in total. The van der Waals surface area contributed by atoms with Crippen molar-refractivity contribution in [3.63, 3.8) is 0 Å². The number of para-hydroxylation sites is 1. The lowest BCUT2D eigenvalue weighted by atomic mass is 10.1. The Morgan fingerprint density at radius 3 is 2.21 bits per heavy atom. The topological polar surface area (TPSA) is 49.0 Å². The first-order valence-electron chi connectivity index (χ1n) is 8.05. The average molecular weight is 319 g/mol. The molecule has 3 aromatic rings. The first kappa shape index (κ1) is 16.0. The lowest BCUT2D eigenvalue weighted by Crippen LogP contribution is -2.32. The van der Waals surface area contributed by atoms with Crippen molar-refractivity contribution in [2.24, 2.45) is 0 Å².